The smallest absolute Gasteiger partial charge is 0.170 e. The van der Waals surface area contributed by atoms with Gasteiger partial charge in [0.25, 0.3) is 0 Å². The molecule has 0 atom stereocenters. The van der Waals surface area contributed by atoms with Gasteiger partial charge in [0.2, 0.25) is 0 Å². The summed E-state index contributed by atoms with van der Waals surface area (Å²) in [4.78, 5) is 10.0. The minimum atomic E-state index is -2.08. The number of hydrogen-bond donors (Lipinski definition) is 0. The Morgan fingerprint density at radius 2 is 1.67 bits per heavy atom. The van der Waals surface area contributed by atoms with E-state index in [1.54, 1.807) is 0 Å². The van der Waals surface area contributed by atoms with E-state index in [-0.39, 0.29) is 0 Å². The zero-order chi connectivity index (χ0) is 9.30. The van der Waals surface area contributed by atoms with Crippen LogP contribution in [0.25, 0.3) is 0 Å². The highest BCUT2D eigenvalue weighted by molar-refractivity contribution is 5.86. The molecule has 0 unspecified atom stereocenters. The normalized spacial score (nSPS) is 9.92. The molecule has 64 valence electrons. The maximum Gasteiger partial charge on any atom is 0.170 e. The second kappa shape index (κ2) is 2.84. The molecular weight excluding hydrogens is 173 g/mol. The first-order valence-electron chi connectivity index (χ1n) is 2.89. The molecule has 0 spiro atoms. The first kappa shape index (κ1) is 8.58. The Morgan fingerprint density at radius 3 is 2.08 bits per heavy atom. The van der Waals surface area contributed by atoms with Crippen molar-refractivity contribution in [3.8, 4) is 0 Å². The molecular formula is C7H2F3O2-. The van der Waals surface area contributed by atoms with E-state index in [1.165, 1.54) is 0 Å². The average molecular weight is 175 g/mol. The van der Waals surface area contributed by atoms with Gasteiger partial charge in [0, 0.05) is 0 Å². The maximum absolute atomic E-state index is 12.5. The Balaban J connectivity index is 3.43. The van der Waals surface area contributed by atoms with Crippen molar-refractivity contribution in [3.05, 3.63) is 35.1 Å². The number of carbonyl (C=O) groups is 1. The molecule has 1 aromatic carbocycles. The van der Waals surface area contributed by atoms with E-state index < -0.39 is 29.0 Å². The monoisotopic (exact) mass is 175 g/mol. The van der Waals surface area contributed by atoms with Crippen LogP contribution in [0.15, 0.2) is 12.1 Å². The Morgan fingerprint density at radius 1 is 1.17 bits per heavy atom. The summed E-state index contributed by atoms with van der Waals surface area (Å²) in [6.45, 7) is 0. The topological polar surface area (TPSA) is 40.1 Å². The highest BCUT2D eigenvalue weighted by Crippen LogP contribution is 2.14. The minimum absolute atomic E-state index is 0.497. The Bertz CT molecular complexity index is 336. The highest BCUT2D eigenvalue weighted by Gasteiger charge is 2.13. The summed E-state index contributed by atoms with van der Waals surface area (Å²) in [5.74, 6) is -6.59. The number of carboxylic acids is 1. The van der Waals surface area contributed by atoms with Crippen LogP contribution in [0.3, 0.4) is 0 Å². The van der Waals surface area contributed by atoms with Crippen LogP contribution in [0.1, 0.15) is 10.4 Å². The van der Waals surface area contributed by atoms with Gasteiger partial charge >= 0.3 is 0 Å². The number of carbonyl (C=O) groups excluding carboxylic acids is 1. The third-order valence-electron chi connectivity index (χ3n) is 1.25. The molecule has 0 bridgehead atoms. The first-order valence-corrected chi connectivity index (χ1v) is 2.89. The number of aromatic carboxylic acids is 1. The van der Waals surface area contributed by atoms with Crippen molar-refractivity contribution in [1.82, 2.24) is 0 Å². The Kier molecular flexibility index (Phi) is 2.03. The SMILES string of the molecule is O=C([O-])c1c(F)ccc(F)c1F. The summed E-state index contributed by atoms with van der Waals surface area (Å²) in [5, 5.41) is 10.0. The van der Waals surface area contributed by atoms with Gasteiger partial charge in [-0.2, -0.15) is 0 Å². The van der Waals surface area contributed by atoms with Crippen LogP contribution in [0.5, 0.6) is 0 Å². The molecule has 12 heavy (non-hydrogen) atoms. The number of carboxylic acid groups (broad SMARTS) is 1. The summed E-state index contributed by atoms with van der Waals surface area (Å²) in [5.41, 5.74) is -1.38. The van der Waals surface area contributed by atoms with Crippen LogP contribution in [0.2, 0.25) is 0 Å². The standard InChI is InChI=1S/C7H3F3O2/c8-3-1-2-4(9)6(10)5(3)7(11)12/h1-2H,(H,11,12)/p-1. The Hall–Kier alpha value is -1.52. The van der Waals surface area contributed by atoms with Crippen LogP contribution >= 0.6 is 0 Å². The largest absolute Gasteiger partial charge is 0.545 e. The third kappa shape index (κ3) is 1.25. The van der Waals surface area contributed by atoms with Crippen molar-refractivity contribution in [2.24, 2.45) is 0 Å². The van der Waals surface area contributed by atoms with Crippen molar-refractivity contribution in [1.29, 1.82) is 0 Å². The zero-order valence-electron chi connectivity index (χ0n) is 5.61. The fraction of sp³-hybridized carbons (Fsp3) is 0. The molecule has 0 N–H and O–H groups in total. The number of benzene rings is 1. The van der Waals surface area contributed by atoms with E-state index in [2.05, 4.69) is 0 Å². The molecule has 0 fully saturated rings. The average Bonchev–Trinajstić information content (AvgIpc) is 1.97. The molecule has 0 aliphatic carbocycles. The molecule has 0 aliphatic rings. The quantitative estimate of drug-likeness (QED) is 0.582. The molecule has 0 radical (unpaired) electrons. The van der Waals surface area contributed by atoms with Crippen LogP contribution in [0.4, 0.5) is 13.2 Å². The van der Waals surface area contributed by atoms with Crippen molar-refractivity contribution >= 4 is 5.97 Å². The van der Waals surface area contributed by atoms with E-state index in [1.807, 2.05) is 0 Å². The fourth-order valence-electron chi connectivity index (χ4n) is 0.714. The summed E-state index contributed by atoms with van der Waals surface area (Å²) >= 11 is 0. The van der Waals surface area contributed by atoms with Crippen molar-refractivity contribution in [3.63, 3.8) is 0 Å². The van der Waals surface area contributed by atoms with Crippen LogP contribution in [0, 0.1) is 17.5 Å². The molecule has 0 saturated heterocycles. The van der Waals surface area contributed by atoms with Gasteiger partial charge in [0.05, 0.1) is 11.5 Å². The lowest BCUT2D eigenvalue weighted by atomic mass is 10.2. The maximum atomic E-state index is 12.5. The molecule has 1 rings (SSSR count). The Labute approximate surface area is 65.2 Å². The fourth-order valence-corrected chi connectivity index (χ4v) is 0.714. The van der Waals surface area contributed by atoms with Crippen molar-refractivity contribution in [2.45, 2.75) is 0 Å². The van der Waals surface area contributed by atoms with Gasteiger partial charge in [-0.15, -0.1) is 0 Å². The lowest BCUT2D eigenvalue weighted by Gasteiger charge is -2.05. The first-order chi connectivity index (χ1) is 5.54. The molecule has 0 aliphatic heterocycles. The predicted octanol–water partition coefficient (Wildman–Crippen LogP) is 0.467. The van der Waals surface area contributed by atoms with Gasteiger partial charge in [-0.1, -0.05) is 0 Å². The van der Waals surface area contributed by atoms with Gasteiger partial charge < -0.3 is 9.90 Å². The zero-order valence-corrected chi connectivity index (χ0v) is 5.61. The molecule has 0 amide bonds. The molecule has 0 saturated carbocycles. The lowest BCUT2D eigenvalue weighted by molar-refractivity contribution is -0.255. The molecule has 2 nitrogen and oxygen atoms in total. The summed E-state index contributed by atoms with van der Waals surface area (Å²) in [6, 6.07) is 1.01. The van der Waals surface area contributed by atoms with Crippen molar-refractivity contribution < 1.29 is 23.1 Å². The number of hydrogen-bond acceptors (Lipinski definition) is 2. The van der Waals surface area contributed by atoms with E-state index in [0.717, 1.165) is 0 Å². The highest BCUT2D eigenvalue weighted by atomic mass is 19.2. The summed E-state index contributed by atoms with van der Waals surface area (Å²) in [6.07, 6.45) is 0. The van der Waals surface area contributed by atoms with E-state index in [0.29, 0.717) is 12.1 Å². The minimum Gasteiger partial charge on any atom is -0.545 e. The second-order valence-corrected chi connectivity index (χ2v) is 2.01. The third-order valence-corrected chi connectivity index (χ3v) is 1.25. The van der Waals surface area contributed by atoms with Crippen LogP contribution < -0.4 is 5.11 Å². The summed E-state index contributed by atoms with van der Waals surface area (Å²) in [7, 11) is 0. The predicted molar refractivity (Wildman–Crippen MR) is 30.6 cm³/mol. The van der Waals surface area contributed by atoms with Gasteiger partial charge in [-0.3, -0.25) is 0 Å². The number of halogens is 3. The molecule has 1 aromatic rings. The van der Waals surface area contributed by atoms with Gasteiger partial charge in [-0.05, 0) is 12.1 Å². The second-order valence-electron chi connectivity index (χ2n) is 2.01. The van der Waals surface area contributed by atoms with Crippen molar-refractivity contribution in [2.75, 3.05) is 0 Å². The van der Waals surface area contributed by atoms with Crippen LogP contribution in [-0.4, -0.2) is 5.97 Å². The van der Waals surface area contributed by atoms with E-state index in [9.17, 15) is 23.1 Å². The van der Waals surface area contributed by atoms with Gasteiger partial charge in [0.15, 0.2) is 11.6 Å². The lowest BCUT2D eigenvalue weighted by Crippen LogP contribution is -2.25. The van der Waals surface area contributed by atoms with E-state index >= 15 is 0 Å². The van der Waals surface area contributed by atoms with Gasteiger partial charge in [-0.25, -0.2) is 13.2 Å². The molecule has 5 heteroatoms. The van der Waals surface area contributed by atoms with Gasteiger partial charge in [0.1, 0.15) is 5.82 Å². The van der Waals surface area contributed by atoms with Crippen LogP contribution in [-0.2, 0) is 0 Å². The molecule has 0 aromatic heterocycles. The molecule has 0 heterocycles. The summed E-state index contributed by atoms with van der Waals surface area (Å²) < 4.78 is 37.2. The number of rotatable bonds is 1. The van der Waals surface area contributed by atoms with E-state index in [4.69, 9.17) is 0 Å².